The van der Waals surface area contributed by atoms with Gasteiger partial charge in [-0.2, -0.15) is 0 Å². The van der Waals surface area contributed by atoms with Gasteiger partial charge in [0.05, 0.1) is 6.67 Å². The first-order valence-electron chi connectivity index (χ1n) is 13.8. The van der Waals surface area contributed by atoms with Crippen molar-refractivity contribution in [1.29, 1.82) is 0 Å². The van der Waals surface area contributed by atoms with Gasteiger partial charge in [-0.15, -0.1) is 0 Å². The fourth-order valence-electron chi connectivity index (χ4n) is 5.76. The minimum absolute atomic E-state index is 0.0574. The molecule has 0 radical (unpaired) electrons. The van der Waals surface area contributed by atoms with Gasteiger partial charge in [-0.1, -0.05) is 48.9 Å². The summed E-state index contributed by atoms with van der Waals surface area (Å²) in [6.45, 7) is 7.49. The summed E-state index contributed by atoms with van der Waals surface area (Å²) in [5, 5.41) is 0. The van der Waals surface area contributed by atoms with E-state index in [0.717, 1.165) is 48.5 Å². The SMILES string of the molecule is CC1CCN(CCCF)C1.Cc1ccc(C2=C(C3=CCC(F)(F)CC3)CCCc3cc(N)ccc32)cc1. The van der Waals surface area contributed by atoms with Gasteiger partial charge < -0.3 is 10.6 Å². The molecule has 2 N–H and O–H groups in total. The van der Waals surface area contributed by atoms with Crippen molar-refractivity contribution in [3.63, 3.8) is 0 Å². The molecule has 200 valence electrons. The zero-order valence-electron chi connectivity index (χ0n) is 22.3. The molecule has 0 saturated carbocycles. The van der Waals surface area contributed by atoms with Gasteiger partial charge in [0.1, 0.15) is 0 Å². The van der Waals surface area contributed by atoms with Gasteiger partial charge in [-0.3, -0.25) is 4.39 Å². The Balaban J connectivity index is 0.000000270. The van der Waals surface area contributed by atoms with Crippen LogP contribution in [-0.4, -0.2) is 37.1 Å². The Morgan fingerprint density at radius 1 is 1.05 bits per heavy atom. The number of likely N-dealkylation sites (tertiary alicyclic amines) is 1. The maximum Gasteiger partial charge on any atom is 0.251 e. The van der Waals surface area contributed by atoms with Gasteiger partial charge in [0.25, 0.3) is 5.92 Å². The Bertz CT molecular complexity index is 1120. The third-order valence-electron chi connectivity index (χ3n) is 7.82. The Morgan fingerprint density at radius 2 is 1.84 bits per heavy atom. The number of nitrogens with zero attached hydrogens (tertiary/aromatic N) is 1. The predicted molar refractivity (Wildman–Crippen MR) is 149 cm³/mol. The minimum Gasteiger partial charge on any atom is -0.399 e. The molecule has 1 unspecified atom stereocenters. The van der Waals surface area contributed by atoms with Crippen molar-refractivity contribution in [2.45, 2.75) is 71.1 Å². The highest BCUT2D eigenvalue weighted by atomic mass is 19.3. The smallest absolute Gasteiger partial charge is 0.251 e. The van der Waals surface area contributed by atoms with Crippen molar-refractivity contribution in [3.8, 4) is 0 Å². The first-order valence-corrected chi connectivity index (χ1v) is 13.8. The van der Waals surface area contributed by atoms with E-state index < -0.39 is 5.92 Å². The number of nitrogens with two attached hydrogens (primary N) is 1. The van der Waals surface area contributed by atoms with Gasteiger partial charge in [-0.25, -0.2) is 8.78 Å². The van der Waals surface area contributed by atoms with Crippen LogP contribution in [0.2, 0.25) is 0 Å². The lowest BCUT2D eigenvalue weighted by Gasteiger charge is -2.25. The van der Waals surface area contributed by atoms with Crippen molar-refractivity contribution in [3.05, 3.63) is 81.9 Å². The molecule has 37 heavy (non-hydrogen) atoms. The Kier molecular flexibility index (Phi) is 9.17. The van der Waals surface area contributed by atoms with Crippen molar-refractivity contribution >= 4 is 11.3 Å². The van der Waals surface area contributed by atoms with Crippen molar-refractivity contribution in [2.75, 3.05) is 32.0 Å². The molecule has 0 amide bonds. The fraction of sp³-hybridized carbons (Fsp3) is 0.500. The highest BCUT2D eigenvalue weighted by molar-refractivity contribution is 5.87. The van der Waals surface area contributed by atoms with Crippen LogP contribution in [0.1, 0.15) is 74.1 Å². The molecule has 2 nitrogen and oxygen atoms in total. The molecular weight excluding hydrogens is 469 g/mol. The Morgan fingerprint density at radius 3 is 2.49 bits per heavy atom. The van der Waals surface area contributed by atoms with E-state index in [4.69, 9.17) is 5.73 Å². The molecule has 1 fully saturated rings. The molecule has 5 heteroatoms. The lowest BCUT2D eigenvalue weighted by molar-refractivity contribution is -0.00837. The van der Waals surface area contributed by atoms with Crippen LogP contribution in [0.5, 0.6) is 0 Å². The van der Waals surface area contributed by atoms with Crippen LogP contribution in [-0.2, 0) is 6.42 Å². The number of hydrogen-bond acceptors (Lipinski definition) is 2. The fourth-order valence-corrected chi connectivity index (χ4v) is 5.76. The van der Waals surface area contributed by atoms with Gasteiger partial charge >= 0.3 is 0 Å². The highest BCUT2D eigenvalue weighted by Crippen LogP contribution is 2.43. The number of aryl methyl sites for hydroxylation is 2. The summed E-state index contributed by atoms with van der Waals surface area (Å²) in [4.78, 5) is 2.35. The standard InChI is InChI=1S/C24H25F2N.C8H16FN/c1-16-5-7-18(8-6-16)23-21(17-11-13-24(25,26)14-12-17)4-2-3-19-15-20(27)9-10-22(19)23;1-8-3-6-10(7-8)5-2-4-9/h5-11,15H,2-4,12-14,27H2,1H3;8H,2-7H2,1H3. The van der Waals surface area contributed by atoms with Crippen molar-refractivity contribution in [1.82, 2.24) is 4.90 Å². The quantitative estimate of drug-likeness (QED) is 0.411. The van der Waals surface area contributed by atoms with Gasteiger partial charge in [0.15, 0.2) is 0 Å². The number of rotatable bonds is 5. The second kappa shape index (κ2) is 12.3. The summed E-state index contributed by atoms with van der Waals surface area (Å²) < 4.78 is 39.1. The molecule has 1 heterocycles. The molecule has 5 rings (SSSR count). The van der Waals surface area contributed by atoms with Gasteiger partial charge in [-0.05, 0) is 103 Å². The van der Waals surface area contributed by atoms with Crippen LogP contribution < -0.4 is 5.73 Å². The van der Waals surface area contributed by atoms with Crippen LogP contribution in [0.15, 0.2) is 59.7 Å². The van der Waals surface area contributed by atoms with E-state index >= 15 is 0 Å². The largest absolute Gasteiger partial charge is 0.399 e. The summed E-state index contributed by atoms with van der Waals surface area (Å²) in [7, 11) is 0. The van der Waals surface area contributed by atoms with Crippen LogP contribution in [0, 0.1) is 12.8 Å². The van der Waals surface area contributed by atoms with E-state index in [1.807, 2.05) is 6.07 Å². The second-order valence-electron chi connectivity index (χ2n) is 11.0. The lowest BCUT2D eigenvalue weighted by atomic mass is 9.83. The third-order valence-corrected chi connectivity index (χ3v) is 7.82. The lowest BCUT2D eigenvalue weighted by Crippen LogP contribution is -2.21. The number of halogens is 3. The average molecular weight is 511 g/mol. The molecule has 1 atom stereocenters. The van der Waals surface area contributed by atoms with Crippen LogP contribution in [0.4, 0.5) is 18.9 Å². The van der Waals surface area contributed by atoms with Crippen LogP contribution in [0.25, 0.3) is 5.57 Å². The topological polar surface area (TPSA) is 29.3 Å². The average Bonchev–Trinajstić information content (AvgIpc) is 3.20. The molecule has 3 aliphatic rings. The van der Waals surface area contributed by atoms with E-state index in [-0.39, 0.29) is 19.5 Å². The Labute approximate surface area is 220 Å². The maximum atomic E-state index is 13.7. The summed E-state index contributed by atoms with van der Waals surface area (Å²) in [5.74, 6) is -1.73. The van der Waals surface area contributed by atoms with Gasteiger partial charge in [0, 0.05) is 31.6 Å². The van der Waals surface area contributed by atoms with E-state index in [9.17, 15) is 13.2 Å². The summed E-state index contributed by atoms with van der Waals surface area (Å²) >= 11 is 0. The summed E-state index contributed by atoms with van der Waals surface area (Å²) in [5.41, 5.74) is 15.1. The number of allylic oxidation sites excluding steroid dienone is 3. The second-order valence-corrected chi connectivity index (χ2v) is 11.0. The van der Waals surface area contributed by atoms with E-state index in [1.165, 1.54) is 47.3 Å². The van der Waals surface area contributed by atoms with Crippen LogP contribution in [0.3, 0.4) is 0 Å². The van der Waals surface area contributed by atoms with Crippen molar-refractivity contribution < 1.29 is 13.2 Å². The molecule has 2 aromatic rings. The zero-order valence-corrected chi connectivity index (χ0v) is 22.3. The number of nitrogen functional groups attached to an aromatic ring is 1. The van der Waals surface area contributed by atoms with E-state index in [1.54, 1.807) is 6.08 Å². The Hall–Kier alpha value is -2.53. The van der Waals surface area contributed by atoms with E-state index in [2.05, 4.69) is 55.1 Å². The van der Waals surface area contributed by atoms with Crippen LogP contribution >= 0.6 is 0 Å². The molecular formula is C32H41F3N2. The monoisotopic (exact) mass is 510 g/mol. The molecule has 2 aromatic carbocycles. The van der Waals surface area contributed by atoms with E-state index in [0.29, 0.717) is 12.8 Å². The first-order chi connectivity index (χ1) is 17.8. The number of anilines is 1. The normalized spacial score (nSPS) is 21.5. The van der Waals surface area contributed by atoms with Crippen molar-refractivity contribution in [2.24, 2.45) is 5.92 Å². The summed E-state index contributed by atoms with van der Waals surface area (Å²) in [6.07, 6.45) is 6.91. The number of benzene rings is 2. The molecule has 0 spiro atoms. The predicted octanol–water partition coefficient (Wildman–Crippen LogP) is 8.15. The molecule has 1 saturated heterocycles. The zero-order chi connectivity index (χ0) is 26.4. The molecule has 0 bridgehead atoms. The maximum absolute atomic E-state index is 13.7. The minimum atomic E-state index is -2.56. The van der Waals surface area contributed by atoms with Gasteiger partial charge in [0.2, 0.25) is 0 Å². The third kappa shape index (κ3) is 7.28. The number of alkyl halides is 3. The summed E-state index contributed by atoms with van der Waals surface area (Å²) in [6, 6.07) is 14.6. The number of fused-ring (bicyclic) bond motifs is 1. The molecule has 0 aromatic heterocycles. The highest BCUT2D eigenvalue weighted by Gasteiger charge is 2.32. The molecule has 2 aliphatic carbocycles. The molecule has 1 aliphatic heterocycles. The first kappa shape index (κ1) is 27.5. The number of hydrogen-bond donors (Lipinski definition) is 1.